The Morgan fingerprint density at radius 3 is 2.59 bits per heavy atom. The first-order valence-electron chi connectivity index (χ1n) is 5.31. The first-order chi connectivity index (χ1) is 7.81. The van der Waals surface area contributed by atoms with Gasteiger partial charge in [-0.05, 0) is 18.6 Å². The molecule has 1 aromatic carbocycles. The number of hydrogen-bond acceptors (Lipinski definition) is 4. The van der Waals surface area contributed by atoms with Crippen LogP contribution in [0.2, 0.25) is 0 Å². The lowest BCUT2D eigenvalue weighted by molar-refractivity contribution is 0.196. The minimum atomic E-state index is -3.16. The van der Waals surface area contributed by atoms with E-state index in [1.807, 2.05) is 25.1 Å². The highest BCUT2D eigenvalue weighted by molar-refractivity contribution is 7.90. The van der Waals surface area contributed by atoms with Gasteiger partial charge in [0, 0.05) is 12.7 Å². The molecule has 1 atom stereocenters. The zero-order valence-corrected chi connectivity index (χ0v) is 11.1. The van der Waals surface area contributed by atoms with Crippen LogP contribution in [0.4, 0.5) is 0 Å². The third kappa shape index (κ3) is 4.75. The fraction of sp³-hybridized carbons (Fsp3) is 0.500. The normalized spacial score (nSPS) is 13.4. The Morgan fingerprint density at radius 1 is 1.41 bits per heavy atom. The molecule has 1 aromatic rings. The topological polar surface area (TPSA) is 63.6 Å². The maximum absolute atomic E-state index is 11.1. The molecule has 5 heteroatoms. The molecule has 0 saturated carbocycles. The van der Waals surface area contributed by atoms with E-state index in [-0.39, 0.29) is 12.2 Å². The van der Waals surface area contributed by atoms with Crippen LogP contribution in [0.25, 0.3) is 0 Å². The largest absolute Gasteiger partial charge is 0.496 e. The number of aliphatic hydroxyl groups is 1. The van der Waals surface area contributed by atoms with Crippen molar-refractivity contribution in [2.75, 3.05) is 19.1 Å². The lowest BCUT2D eigenvalue weighted by Crippen LogP contribution is -2.22. The van der Waals surface area contributed by atoms with Gasteiger partial charge in [0.25, 0.3) is 0 Å². The fourth-order valence-electron chi connectivity index (χ4n) is 1.73. The van der Waals surface area contributed by atoms with Gasteiger partial charge in [-0.15, -0.1) is 0 Å². The standard InChI is InChI=1S/C12H18O4S/c1-9-4-5-12(16-2)10(6-9)7-11(13)8-17(3,14)15/h4-6,11,13H,7-8H2,1-3H3. The molecule has 0 bridgehead atoms. The first kappa shape index (κ1) is 14.0. The van der Waals surface area contributed by atoms with E-state index in [0.29, 0.717) is 5.75 Å². The van der Waals surface area contributed by atoms with Crippen molar-refractivity contribution in [3.8, 4) is 5.75 Å². The number of methoxy groups -OCH3 is 1. The van der Waals surface area contributed by atoms with Gasteiger partial charge in [0.2, 0.25) is 0 Å². The van der Waals surface area contributed by atoms with Gasteiger partial charge in [-0.25, -0.2) is 8.42 Å². The minimum Gasteiger partial charge on any atom is -0.496 e. The molecule has 1 unspecified atom stereocenters. The van der Waals surface area contributed by atoms with E-state index in [2.05, 4.69) is 0 Å². The quantitative estimate of drug-likeness (QED) is 0.854. The summed E-state index contributed by atoms with van der Waals surface area (Å²) in [5.41, 5.74) is 1.87. The van der Waals surface area contributed by atoms with Crippen LogP contribution < -0.4 is 4.74 Å². The molecule has 1 rings (SSSR count). The molecule has 0 aliphatic rings. The summed E-state index contributed by atoms with van der Waals surface area (Å²) in [4.78, 5) is 0. The number of sulfone groups is 1. The van der Waals surface area contributed by atoms with E-state index in [0.717, 1.165) is 17.4 Å². The highest BCUT2D eigenvalue weighted by Crippen LogP contribution is 2.21. The summed E-state index contributed by atoms with van der Waals surface area (Å²) in [5, 5.41) is 9.71. The molecule has 0 spiro atoms. The molecule has 0 heterocycles. The number of aryl methyl sites for hydroxylation is 1. The SMILES string of the molecule is COc1ccc(C)cc1CC(O)CS(C)(=O)=O. The van der Waals surface area contributed by atoms with Crippen LogP contribution in [-0.2, 0) is 16.3 Å². The Hall–Kier alpha value is -1.07. The maximum Gasteiger partial charge on any atom is 0.150 e. The Balaban J connectivity index is 2.83. The fourth-order valence-corrected chi connectivity index (χ4v) is 2.55. The summed E-state index contributed by atoms with van der Waals surface area (Å²) in [6.07, 6.45) is 0.488. The van der Waals surface area contributed by atoms with Crippen molar-refractivity contribution < 1.29 is 18.3 Å². The molecule has 0 radical (unpaired) electrons. The molecule has 1 N–H and O–H groups in total. The smallest absolute Gasteiger partial charge is 0.150 e. The summed E-state index contributed by atoms with van der Waals surface area (Å²) in [6, 6.07) is 5.62. The Morgan fingerprint density at radius 2 is 2.06 bits per heavy atom. The Kier molecular flexibility index (Phi) is 4.54. The molecule has 96 valence electrons. The van der Waals surface area contributed by atoms with Gasteiger partial charge in [0.15, 0.2) is 0 Å². The van der Waals surface area contributed by atoms with Crippen molar-refractivity contribution in [1.29, 1.82) is 0 Å². The van der Waals surface area contributed by atoms with Crippen molar-refractivity contribution in [3.63, 3.8) is 0 Å². The van der Waals surface area contributed by atoms with Crippen molar-refractivity contribution in [2.24, 2.45) is 0 Å². The molecule has 17 heavy (non-hydrogen) atoms. The van der Waals surface area contributed by atoms with Crippen molar-refractivity contribution >= 4 is 9.84 Å². The summed E-state index contributed by atoms with van der Waals surface area (Å²) < 4.78 is 27.3. The van der Waals surface area contributed by atoms with Gasteiger partial charge >= 0.3 is 0 Å². The third-order valence-corrected chi connectivity index (χ3v) is 3.38. The van der Waals surface area contributed by atoms with Crippen molar-refractivity contribution in [3.05, 3.63) is 29.3 Å². The predicted molar refractivity (Wildman–Crippen MR) is 67.2 cm³/mol. The third-order valence-electron chi connectivity index (χ3n) is 2.39. The van der Waals surface area contributed by atoms with E-state index < -0.39 is 15.9 Å². The average Bonchev–Trinajstić information content (AvgIpc) is 2.14. The lowest BCUT2D eigenvalue weighted by atomic mass is 10.0. The van der Waals surface area contributed by atoms with Crippen LogP contribution in [0.1, 0.15) is 11.1 Å². The Labute approximate surface area is 102 Å². The number of aliphatic hydroxyl groups excluding tert-OH is 1. The van der Waals surface area contributed by atoms with Crippen molar-refractivity contribution in [2.45, 2.75) is 19.4 Å². The molecule has 4 nitrogen and oxygen atoms in total. The van der Waals surface area contributed by atoms with E-state index in [4.69, 9.17) is 4.74 Å². The summed E-state index contributed by atoms with van der Waals surface area (Å²) in [5.74, 6) is 0.438. The molecular formula is C12H18O4S. The molecule has 0 amide bonds. The number of rotatable bonds is 5. The zero-order chi connectivity index (χ0) is 13.1. The molecule has 0 fully saturated rings. The highest BCUT2D eigenvalue weighted by Gasteiger charge is 2.15. The van der Waals surface area contributed by atoms with Crippen LogP contribution in [-0.4, -0.2) is 38.7 Å². The molecule has 0 aliphatic heterocycles. The van der Waals surface area contributed by atoms with E-state index in [9.17, 15) is 13.5 Å². The van der Waals surface area contributed by atoms with Crippen molar-refractivity contribution in [1.82, 2.24) is 0 Å². The second-order valence-corrected chi connectivity index (χ2v) is 6.45. The first-order valence-corrected chi connectivity index (χ1v) is 7.37. The second kappa shape index (κ2) is 5.51. The monoisotopic (exact) mass is 258 g/mol. The minimum absolute atomic E-state index is 0.232. The molecule has 0 saturated heterocycles. The van der Waals surface area contributed by atoms with E-state index in [1.165, 1.54) is 0 Å². The maximum atomic E-state index is 11.1. The van der Waals surface area contributed by atoms with Crippen LogP contribution >= 0.6 is 0 Å². The van der Waals surface area contributed by atoms with E-state index >= 15 is 0 Å². The highest BCUT2D eigenvalue weighted by atomic mass is 32.2. The zero-order valence-electron chi connectivity index (χ0n) is 10.3. The molecule has 0 aromatic heterocycles. The molecular weight excluding hydrogens is 240 g/mol. The summed E-state index contributed by atoms with van der Waals surface area (Å²) in [7, 11) is -1.61. The van der Waals surface area contributed by atoms with E-state index in [1.54, 1.807) is 7.11 Å². The lowest BCUT2D eigenvalue weighted by Gasteiger charge is -2.13. The van der Waals surface area contributed by atoms with Crippen LogP contribution in [0.5, 0.6) is 5.75 Å². The number of hydrogen-bond donors (Lipinski definition) is 1. The van der Waals surface area contributed by atoms with Gasteiger partial charge in [-0.2, -0.15) is 0 Å². The van der Waals surface area contributed by atoms with Gasteiger partial charge in [-0.1, -0.05) is 17.7 Å². The van der Waals surface area contributed by atoms with Gasteiger partial charge in [0.1, 0.15) is 15.6 Å². The average molecular weight is 258 g/mol. The van der Waals surface area contributed by atoms with Gasteiger partial charge < -0.3 is 9.84 Å². The Bertz CT molecular complexity index is 479. The summed E-state index contributed by atoms with van der Waals surface area (Å²) >= 11 is 0. The predicted octanol–water partition coefficient (Wildman–Crippen LogP) is 0.952. The number of ether oxygens (including phenoxy) is 1. The van der Waals surface area contributed by atoms with Gasteiger partial charge in [0.05, 0.1) is 19.0 Å². The molecule has 0 aliphatic carbocycles. The summed E-state index contributed by atoms with van der Waals surface area (Å²) in [6.45, 7) is 1.94. The van der Waals surface area contributed by atoms with Gasteiger partial charge in [-0.3, -0.25) is 0 Å². The van der Waals surface area contributed by atoms with Crippen LogP contribution in [0, 0.1) is 6.92 Å². The number of benzene rings is 1. The van der Waals surface area contributed by atoms with Crippen LogP contribution in [0.15, 0.2) is 18.2 Å². The van der Waals surface area contributed by atoms with Crippen LogP contribution in [0.3, 0.4) is 0 Å². The second-order valence-electron chi connectivity index (χ2n) is 4.27.